The van der Waals surface area contributed by atoms with Crippen LogP contribution in [0.3, 0.4) is 0 Å². The summed E-state index contributed by atoms with van der Waals surface area (Å²) in [5.74, 6) is 0. The van der Waals surface area contributed by atoms with Crippen molar-refractivity contribution in [3.63, 3.8) is 0 Å². The smallest absolute Gasteiger partial charge is 0.116 e. The van der Waals surface area contributed by atoms with E-state index in [1.54, 1.807) is 0 Å². The Morgan fingerprint density at radius 3 is 2.38 bits per heavy atom. The highest BCUT2D eigenvalue weighted by atomic mass is 79.9. The van der Waals surface area contributed by atoms with Gasteiger partial charge in [0, 0.05) is 5.56 Å². The minimum Gasteiger partial charge on any atom is -0.399 e. The van der Waals surface area contributed by atoms with Crippen molar-refractivity contribution in [3.05, 3.63) is 35.9 Å². The largest absolute Gasteiger partial charge is 0.399 e. The van der Waals surface area contributed by atoms with Gasteiger partial charge in [0.1, 0.15) is 16.6 Å². The first-order valence-electron chi connectivity index (χ1n) is 3.70. The second-order valence-electron chi connectivity index (χ2n) is 2.33. The number of benzene rings is 1. The van der Waals surface area contributed by atoms with Gasteiger partial charge in [-0.2, -0.15) is 0 Å². The standard InChI is InChI=1S/C9H9Br2NO/c1-13-12-8(9(10)11)7-5-3-2-4-6-7/h2-6,9H,1H3/b12-8+. The van der Waals surface area contributed by atoms with Crippen LogP contribution in [-0.2, 0) is 4.84 Å². The molecule has 4 heteroatoms. The van der Waals surface area contributed by atoms with E-state index in [0.717, 1.165) is 11.3 Å². The number of halogens is 2. The number of nitrogens with zero attached hydrogens (tertiary/aromatic N) is 1. The van der Waals surface area contributed by atoms with Crippen molar-refractivity contribution in [1.82, 2.24) is 0 Å². The third-order valence-corrected chi connectivity index (χ3v) is 2.33. The van der Waals surface area contributed by atoms with Gasteiger partial charge < -0.3 is 4.84 Å². The van der Waals surface area contributed by atoms with Crippen LogP contribution in [0.5, 0.6) is 0 Å². The van der Waals surface area contributed by atoms with E-state index in [1.807, 2.05) is 30.3 Å². The second-order valence-corrected chi connectivity index (χ2v) is 5.39. The number of alkyl halides is 2. The van der Waals surface area contributed by atoms with Crippen LogP contribution in [0.4, 0.5) is 0 Å². The van der Waals surface area contributed by atoms with Crippen LogP contribution in [0.1, 0.15) is 5.56 Å². The molecule has 0 saturated carbocycles. The third kappa shape index (κ3) is 3.12. The first-order chi connectivity index (χ1) is 6.25. The molecule has 1 aromatic carbocycles. The van der Waals surface area contributed by atoms with Gasteiger partial charge in [-0.25, -0.2) is 0 Å². The fourth-order valence-corrected chi connectivity index (χ4v) is 1.62. The van der Waals surface area contributed by atoms with E-state index in [0.29, 0.717) is 0 Å². The summed E-state index contributed by atoms with van der Waals surface area (Å²) in [5.41, 5.74) is 1.85. The molecule has 0 aliphatic heterocycles. The fourth-order valence-electron chi connectivity index (χ4n) is 0.926. The lowest BCUT2D eigenvalue weighted by Crippen LogP contribution is -2.09. The molecular weight excluding hydrogens is 298 g/mol. The van der Waals surface area contributed by atoms with Gasteiger partial charge in [-0.1, -0.05) is 67.3 Å². The van der Waals surface area contributed by atoms with Gasteiger partial charge in [-0.3, -0.25) is 0 Å². The first-order valence-corrected chi connectivity index (χ1v) is 5.53. The Balaban J connectivity index is 2.96. The Morgan fingerprint density at radius 1 is 1.31 bits per heavy atom. The lowest BCUT2D eigenvalue weighted by Gasteiger charge is -2.05. The van der Waals surface area contributed by atoms with Crippen LogP contribution in [0.15, 0.2) is 35.5 Å². The second kappa shape index (κ2) is 5.40. The van der Waals surface area contributed by atoms with Gasteiger partial charge in [-0.05, 0) is 0 Å². The summed E-state index contributed by atoms with van der Waals surface area (Å²) >= 11 is 6.77. The molecule has 0 fully saturated rings. The summed E-state index contributed by atoms with van der Waals surface area (Å²) in [5, 5.41) is 3.92. The van der Waals surface area contributed by atoms with Gasteiger partial charge in [0.2, 0.25) is 0 Å². The van der Waals surface area contributed by atoms with Crippen molar-refractivity contribution in [3.8, 4) is 0 Å². The van der Waals surface area contributed by atoms with Crippen molar-refractivity contribution in [2.45, 2.75) is 3.74 Å². The van der Waals surface area contributed by atoms with E-state index in [2.05, 4.69) is 37.0 Å². The SMILES string of the molecule is CO/N=C(\c1ccccc1)C(Br)Br. The summed E-state index contributed by atoms with van der Waals surface area (Å²) in [4.78, 5) is 4.75. The van der Waals surface area contributed by atoms with Crippen molar-refractivity contribution in [2.24, 2.45) is 5.16 Å². The van der Waals surface area contributed by atoms with Gasteiger partial charge in [0.05, 0.1) is 0 Å². The molecule has 0 heterocycles. The van der Waals surface area contributed by atoms with E-state index >= 15 is 0 Å². The maximum Gasteiger partial charge on any atom is 0.116 e. The minimum absolute atomic E-state index is 0.00218. The zero-order chi connectivity index (χ0) is 9.68. The van der Waals surface area contributed by atoms with E-state index in [9.17, 15) is 0 Å². The van der Waals surface area contributed by atoms with E-state index < -0.39 is 0 Å². The number of oxime groups is 1. The Labute approximate surface area is 94.2 Å². The molecule has 0 aromatic heterocycles. The van der Waals surface area contributed by atoms with Crippen LogP contribution in [0.2, 0.25) is 0 Å². The topological polar surface area (TPSA) is 21.6 Å². The van der Waals surface area contributed by atoms with Crippen molar-refractivity contribution in [2.75, 3.05) is 7.11 Å². The lowest BCUT2D eigenvalue weighted by molar-refractivity contribution is 0.213. The summed E-state index contributed by atoms with van der Waals surface area (Å²) in [6.07, 6.45) is 0. The monoisotopic (exact) mass is 305 g/mol. The normalized spacial score (nSPS) is 11.8. The molecule has 0 aliphatic rings. The molecule has 0 bridgehead atoms. The molecule has 70 valence electrons. The molecule has 2 nitrogen and oxygen atoms in total. The van der Waals surface area contributed by atoms with Gasteiger partial charge in [0.15, 0.2) is 0 Å². The maximum absolute atomic E-state index is 4.75. The maximum atomic E-state index is 4.75. The van der Waals surface area contributed by atoms with Gasteiger partial charge in [-0.15, -0.1) is 0 Å². The highest BCUT2D eigenvalue weighted by Crippen LogP contribution is 2.16. The number of rotatable bonds is 3. The first kappa shape index (κ1) is 10.7. The molecular formula is C9H9Br2NO. The number of hydrogen-bond donors (Lipinski definition) is 0. The van der Waals surface area contributed by atoms with E-state index in [4.69, 9.17) is 4.84 Å². The Morgan fingerprint density at radius 2 is 1.92 bits per heavy atom. The predicted octanol–water partition coefficient (Wildman–Crippen LogP) is 3.15. The zero-order valence-electron chi connectivity index (χ0n) is 7.08. The Kier molecular flexibility index (Phi) is 4.45. The summed E-state index contributed by atoms with van der Waals surface area (Å²) in [7, 11) is 1.53. The molecule has 0 N–H and O–H groups in total. The van der Waals surface area contributed by atoms with Gasteiger partial charge >= 0.3 is 0 Å². The molecule has 0 aliphatic carbocycles. The van der Waals surface area contributed by atoms with Gasteiger partial charge in [0.25, 0.3) is 0 Å². The molecule has 0 spiro atoms. The van der Waals surface area contributed by atoms with Crippen LogP contribution < -0.4 is 0 Å². The predicted molar refractivity (Wildman–Crippen MR) is 61.6 cm³/mol. The molecule has 13 heavy (non-hydrogen) atoms. The van der Waals surface area contributed by atoms with Crippen LogP contribution >= 0.6 is 31.9 Å². The number of hydrogen-bond acceptors (Lipinski definition) is 2. The Hall–Kier alpha value is -0.350. The molecule has 0 radical (unpaired) electrons. The molecule has 1 aromatic rings. The summed E-state index contributed by atoms with van der Waals surface area (Å²) < 4.78 is 0.00218. The average Bonchev–Trinajstić information content (AvgIpc) is 2.15. The third-order valence-electron chi connectivity index (χ3n) is 1.47. The molecule has 0 saturated heterocycles. The summed E-state index contributed by atoms with van der Waals surface area (Å²) in [6, 6.07) is 9.85. The highest BCUT2D eigenvalue weighted by Gasteiger charge is 2.11. The van der Waals surface area contributed by atoms with Crippen molar-refractivity contribution < 1.29 is 4.84 Å². The lowest BCUT2D eigenvalue weighted by atomic mass is 10.1. The Bertz CT molecular complexity index is 285. The highest BCUT2D eigenvalue weighted by molar-refractivity contribution is 9.25. The van der Waals surface area contributed by atoms with E-state index in [-0.39, 0.29) is 3.74 Å². The average molecular weight is 307 g/mol. The van der Waals surface area contributed by atoms with Crippen molar-refractivity contribution >= 4 is 37.6 Å². The van der Waals surface area contributed by atoms with E-state index in [1.165, 1.54) is 7.11 Å². The van der Waals surface area contributed by atoms with Crippen LogP contribution in [0, 0.1) is 0 Å². The molecule has 0 unspecified atom stereocenters. The quantitative estimate of drug-likeness (QED) is 0.477. The van der Waals surface area contributed by atoms with Crippen molar-refractivity contribution in [1.29, 1.82) is 0 Å². The van der Waals surface area contributed by atoms with Crippen LogP contribution in [-0.4, -0.2) is 16.6 Å². The molecule has 1 rings (SSSR count). The zero-order valence-corrected chi connectivity index (χ0v) is 10.2. The minimum atomic E-state index is 0.00218. The summed E-state index contributed by atoms with van der Waals surface area (Å²) in [6.45, 7) is 0. The fraction of sp³-hybridized carbons (Fsp3) is 0.222. The molecule has 0 atom stereocenters. The van der Waals surface area contributed by atoms with Crippen LogP contribution in [0.25, 0.3) is 0 Å². The molecule has 0 amide bonds.